The van der Waals surface area contributed by atoms with Crippen molar-refractivity contribution < 1.29 is 24.2 Å². The topological polar surface area (TPSA) is 128 Å². The lowest BCUT2D eigenvalue weighted by molar-refractivity contribution is -0.173. The first-order valence-electron chi connectivity index (χ1n) is 16.3. The molecule has 44 heavy (non-hydrogen) atoms. The van der Waals surface area contributed by atoms with Gasteiger partial charge in [0.05, 0.1) is 16.7 Å². The number of rotatable bonds is 8. The van der Waals surface area contributed by atoms with Crippen molar-refractivity contribution in [3.05, 3.63) is 58.3 Å². The van der Waals surface area contributed by atoms with E-state index in [0.29, 0.717) is 44.0 Å². The van der Waals surface area contributed by atoms with Crippen LogP contribution in [0.4, 0.5) is 9.59 Å². The second kappa shape index (κ2) is 10.1. The highest BCUT2D eigenvalue weighted by atomic mass is 16.6. The molecule has 3 aromatic rings. The van der Waals surface area contributed by atoms with E-state index in [2.05, 4.69) is 50.1 Å². The summed E-state index contributed by atoms with van der Waals surface area (Å²) in [5.74, 6) is 1.71. The molecule has 1 saturated carbocycles. The third kappa shape index (κ3) is 3.99. The van der Waals surface area contributed by atoms with Gasteiger partial charge in [0.15, 0.2) is 17.6 Å². The van der Waals surface area contributed by atoms with E-state index in [1.165, 1.54) is 18.4 Å². The second-order valence-electron chi connectivity index (χ2n) is 13.3. The van der Waals surface area contributed by atoms with Gasteiger partial charge >= 0.3 is 12.1 Å². The average Bonchev–Trinajstić information content (AvgIpc) is 3.64. The molecule has 2 bridgehead atoms. The van der Waals surface area contributed by atoms with Crippen LogP contribution in [0.15, 0.2) is 30.3 Å². The molecule has 0 radical (unpaired) electrons. The van der Waals surface area contributed by atoms with Gasteiger partial charge < -0.3 is 35.5 Å². The second-order valence-corrected chi connectivity index (χ2v) is 13.3. The molecule has 1 aromatic heterocycles. The average molecular weight is 600 g/mol. The van der Waals surface area contributed by atoms with Gasteiger partial charge in [-0.15, -0.1) is 0 Å². The molecule has 10 nitrogen and oxygen atoms in total. The Labute approximate surface area is 256 Å². The van der Waals surface area contributed by atoms with Crippen LogP contribution >= 0.6 is 0 Å². The highest BCUT2D eigenvalue weighted by molar-refractivity contribution is 5.87. The van der Waals surface area contributed by atoms with Gasteiger partial charge in [0.1, 0.15) is 0 Å². The van der Waals surface area contributed by atoms with E-state index < -0.39 is 23.2 Å². The number of aliphatic hydroxyl groups is 1. The summed E-state index contributed by atoms with van der Waals surface area (Å²) >= 11 is 0. The van der Waals surface area contributed by atoms with E-state index in [9.17, 15) is 14.7 Å². The van der Waals surface area contributed by atoms with Crippen LogP contribution in [0.2, 0.25) is 0 Å². The van der Waals surface area contributed by atoms with Crippen LogP contribution in [0, 0.1) is 5.92 Å². The fourth-order valence-electron chi connectivity index (χ4n) is 8.72. The minimum Gasteiger partial charge on any atom is -0.479 e. The molecule has 1 saturated heterocycles. The number of likely N-dealkylation sites (tertiary alicyclic amines) is 1. The van der Waals surface area contributed by atoms with Crippen LogP contribution in [0.1, 0.15) is 67.2 Å². The number of ether oxygens (including phenoxy) is 2. The molecule has 3 amide bonds. The Morgan fingerprint density at radius 2 is 1.98 bits per heavy atom. The van der Waals surface area contributed by atoms with Crippen LogP contribution in [-0.2, 0) is 24.7 Å². The number of hydrogen-bond acceptors (Lipinski definition) is 6. The number of piperidine rings is 1. The molecular weight excluding hydrogens is 558 g/mol. The van der Waals surface area contributed by atoms with Crippen molar-refractivity contribution in [1.29, 1.82) is 0 Å². The fourth-order valence-corrected chi connectivity index (χ4v) is 8.72. The van der Waals surface area contributed by atoms with Gasteiger partial charge in [-0.2, -0.15) is 0 Å². The zero-order valence-electron chi connectivity index (χ0n) is 25.4. The predicted octanol–water partition coefficient (Wildman–Crippen LogP) is 3.84. The smallest absolute Gasteiger partial charge is 0.412 e. The summed E-state index contributed by atoms with van der Waals surface area (Å²) in [5, 5.41) is 22.7. The summed E-state index contributed by atoms with van der Waals surface area (Å²) in [6, 6.07) is 10.1. The van der Waals surface area contributed by atoms with Gasteiger partial charge in [0.2, 0.25) is 0 Å². The third-order valence-electron chi connectivity index (χ3n) is 10.8. The molecule has 3 heterocycles. The number of urea groups is 1. The summed E-state index contributed by atoms with van der Waals surface area (Å²) < 4.78 is 12.7. The van der Waals surface area contributed by atoms with Crippen LogP contribution in [0.25, 0.3) is 10.9 Å². The Morgan fingerprint density at radius 3 is 2.77 bits per heavy atom. The minimum atomic E-state index is -1.05. The van der Waals surface area contributed by atoms with Crippen molar-refractivity contribution >= 4 is 23.0 Å². The van der Waals surface area contributed by atoms with Gasteiger partial charge in [-0.1, -0.05) is 12.1 Å². The number of amides is 3. The van der Waals surface area contributed by atoms with Gasteiger partial charge in [0.25, 0.3) is 0 Å². The highest BCUT2D eigenvalue weighted by Gasteiger charge is 2.73. The first-order chi connectivity index (χ1) is 21.4. The van der Waals surface area contributed by atoms with E-state index in [4.69, 9.17) is 9.47 Å². The zero-order chi connectivity index (χ0) is 30.2. The maximum atomic E-state index is 13.2. The first kappa shape index (κ1) is 27.8. The van der Waals surface area contributed by atoms with Gasteiger partial charge in [-0.25, -0.2) is 9.59 Å². The lowest BCUT2D eigenvalue weighted by Crippen LogP contribution is -2.74. The standard InChI is InChI=1S/C34H41N5O5/c1-3-35-31(40)37-13-11-19-7-9-24-22(15-19)23-17-34(42)26-16-21-8-10-25(43-32(41)36-4-2)29-27(21)33(34,30(44-29)28(23)38-24)12-14-39(26)18-20-5-6-20/h7-10,15,20,26,30,38,42H,3-6,11-14,16-18H2,1-2H3,(H,36,41)(H2,35,37,40)/t26-,30+,33+,34-/m1/s1. The van der Waals surface area contributed by atoms with E-state index in [0.717, 1.165) is 65.1 Å². The molecule has 0 unspecified atom stereocenters. The Balaban J connectivity index is 1.22. The summed E-state index contributed by atoms with van der Waals surface area (Å²) in [5.41, 5.74) is 4.75. The van der Waals surface area contributed by atoms with Crippen molar-refractivity contribution in [1.82, 2.24) is 25.8 Å². The Hall–Kier alpha value is -3.76. The van der Waals surface area contributed by atoms with Crippen molar-refractivity contribution in [2.45, 2.75) is 75.5 Å². The number of H-pyrrole nitrogens is 1. The molecule has 5 N–H and O–H groups in total. The Bertz CT molecular complexity index is 1670. The SMILES string of the molecule is CCNC(=O)NCCc1ccc2[nH]c3c(c2c1)C[C@@]1(O)[C@H]2Cc4ccc(OC(=O)NCC)c5c4[C@@]1(CCN2CC1CC1)[C@H]3O5. The molecule has 2 aliphatic heterocycles. The lowest BCUT2D eigenvalue weighted by Gasteiger charge is -2.62. The number of nitrogens with one attached hydrogen (secondary N) is 4. The molecule has 10 heteroatoms. The summed E-state index contributed by atoms with van der Waals surface area (Å²) in [6.45, 7) is 7.28. The molecule has 1 spiro atoms. The number of nitrogens with zero attached hydrogens (tertiary/aromatic N) is 1. The van der Waals surface area contributed by atoms with Crippen molar-refractivity contribution in [2.75, 3.05) is 32.7 Å². The van der Waals surface area contributed by atoms with E-state index in [1.807, 2.05) is 19.9 Å². The van der Waals surface area contributed by atoms with Gasteiger partial charge in [-0.3, -0.25) is 4.90 Å². The van der Waals surface area contributed by atoms with Crippen LogP contribution in [0.3, 0.4) is 0 Å². The number of fused-ring (bicyclic) bond motifs is 4. The monoisotopic (exact) mass is 599 g/mol. The molecule has 5 aliphatic rings. The molecule has 4 atom stereocenters. The van der Waals surface area contributed by atoms with E-state index >= 15 is 0 Å². The van der Waals surface area contributed by atoms with Crippen molar-refractivity contribution in [2.24, 2.45) is 5.92 Å². The Morgan fingerprint density at radius 1 is 1.14 bits per heavy atom. The maximum Gasteiger partial charge on any atom is 0.412 e. The van der Waals surface area contributed by atoms with Crippen LogP contribution in [0.5, 0.6) is 11.5 Å². The van der Waals surface area contributed by atoms with Gasteiger partial charge in [0, 0.05) is 55.1 Å². The molecule has 8 rings (SSSR count). The minimum absolute atomic E-state index is 0.0286. The van der Waals surface area contributed by atoms with Crippen LogP contribution < -0.4 is 25.4 Å². The number of hydrogen-bond donors (Lipinski definition) is 5. The number of carbonyl (C=O) groups is 2. The van der Waals surface area contributed by atoms with E-state index in [1.54, 1.807) is 0 Å². The number of benzene rings is 2. The number of carbonyl (C=O) groups excluding carboxylic acids is 2. The van der Waals surface area contributed by atoms with Crippen molar-refractivity contribution in [3.63, 3.8) is 0 Å². The molecule has 2 aromatic carbocycles. The number of aromatic nitrogens is 1. The largest absolute Gasteiger partial charge is 0.479 e. The lowest BCUT2D eigenvalue weighted by atomic mass is 9.49. The maximum absolute atomic E-state index is 13.2. The molecule has 232 valence electrons. The normalized spacial score (nSPS) is 27.7. The summed E-state index contributed by atoms with van der Waals surface area (Å²) in [4.78, 5) is 30.7. The van der Waals surface area contributed by atoms with Crippen LogP contribution in [-0.4, -0.2) is 71.5 Å². The zero-order valence-corrected chi connectivity index (χ0v) is 25.4. The predicted molar refractivity (Wildman–Crippen MR) is 165 cm³/mol. The quantitative estimate of drug-likeness (QED) is 0.268. The Kier molecular flexibility index (Phi) is 6.40. The molecule has 2 fully saturated rings. The molecular formula is C34H41N5O5. The van der Waals surface area contributed by atoms with Gasteiger partial charge in [-0.05, 0) is 93.3 Å². The highest BCUT2D eigenvalue weighted by Crippen LogP contribution is 2.69. The third-order valence-corrected chi connectivity index (χ3v) is 10.8. The number of aromatic amines is 1. The molecule has 3 aliphatic carbocycles. The van der Waals surface area contributed by atoms with E-state index in [-0.39, 0.29) is 12.1 Å². The first-order valence-corrected chi connectivity index (χ1v) is 16.3. The summed E-state index contributed by atoms with van der Waals surface area (Å²) in [6.07, 6.45) is 4.33. The van der Waals surface area contributed by atoms with Crippen molar-refractivity contribution in [3.8, 4) is 11.5 Å². The summed E-state index contributed by atoms with van der Waals surface area (Å²) in [7, 11) is 0. The fraction of sp³-hybridized carbons (Fsp3) is 0.529.